The molecule has 0 amide bonds. The van der Waals surface area contributed by atoms with Gasteiger partial charge in [0.15, 0.2) is 0 Å². The van der Waals surface area contributed by atoms with Gasteiger partial charge in [-0.05, 0) is 55.8 Å². The minimum Gasteiger partial charge on any atom is -0.493 e. The fourth-order valence-corrected chi connectivity index (χ4v) is 2.61. The highest BCUT2D eigenvalue weighted by Gasteiger charge is 2.42. The first-order chi connectivity index (χ1) is 9.31. The second kappa shape index (κ2) is 5.22. The molecule has 0 unspecified atom stereocenters. The van der Waals surface area contributed by atoms with Gasteiger partial charge in [-0.25, -0.2) is 0 Å². The highest BCUT2D eigenvalue weighted by molar-refractivity contribution is 5.38. The first-order valence-electron chi connectivity index (χ1n) is 7.18. The summed E-state index contributed by atoms with van der Waals surface area (Å²) in [6.07, 6.45) is 5.40. The molecule has 0 saturated heterocycles. The van der Waals surface area contributed by atoms with E-state index in [1.807, 2.05) is 0 Å². The Morgan fingerprint density at radius 3 is 3.05 bits per heavy atom. The zero-order valence-corrected chi connectivity index (χ0v) is 11.2. The van der Waals surface area contributed by atoms with Gasteiger partial charge in [-0.1, -0.05) is 12.1 Å². The van der Waals surface area contributed by atoms with Crippen LogP contribution in [-0.2, 0) is 12.8 Å². The van der Waals surface area contributed by atoms with Gasteiger partial charge in [0.1, 0.15) is 5.75 Å². The van der Waals surface area contributed by atoms with Gasteiger partial charge in [0.05, 0.1) is 18.1 Å². The molecule has 1 N–H and O–H groups in total. The largest absolute Gasteiger partial charge is 0.493 e. The van der Waals surface area contributed by atoms with Crippen molar-refractivity contribution in [3.63, 3.8) is 0 Å². The van der Waals surface area contributed by atoms with Gasteiger partial charge >= 0.3 is 0 Å². The number of hydrogen-bond donors (Lipinski definition) is 1. The van der Waals surface area contributed by atoms with Crippen molar-refractivity contribution in [3.8, 4) is 11.8 Å². The molecule has 1 saturated carbocycles. The van der Waals surface area contributed by atoms with Crippen LogP contribution in [0.15, 0.2) is 18.2 Å². The highest BCUT2D eigenvalue weighted by atomic mass is 16.5. The number of nitrogens with one attached hydrogen (secondary N) is 1. The van der Waals surface area contributed by atoms with Crippen LogP contribution in [0.2, 0.25) is 0 Å². The quantitative estimate of drug-likeness (QED) is 0.823. The number of fused-ring (bicyclic) bond motifs is 1. The van der Waals surface area contributed by atoms with E-state index in [0.29, 0.717) is 0 Å². The van der Waals surface area contributed by atoms with E-state index in [9.17, 15) is 0 Å². The summed E-state index contributed by atoms with van der Waals surface area (Å²) in [5, 5.41) is 12.4. The molecule has 1 aliphatic carbocycles. The van der Waals surface area contributed by atoms with Crippen LogP contribution in [0.4, 0.5) is 0 Å². The molecule has 0 radical (unpaired) electrons. The molecule has 100 valence electrons. The monoisotopic (exact) mass is 256 g/mol. The third kappa shape index (κ3) is 2.90. The van der Waals surface area contributed by atoms with Crippen molar-refractivity contribution in [2.75, 3.05) is 19.7 Å². The lowest BCUT2D eigenvalue weighted by Gasteiger charge is -2.18. The second-order valence-corrected chi connectivity index (χ2v) is 5.71. The number of nitrogens with zero attached hydrogens (tertiary/aromatic N) is 1. The molecule has 0 bridgehead atoms. The van der Waals surface area contributed by atoms with Gasteiger partial charge < -0.3 is 10.1 Å². The lowest BCUT2D eigenvalue weighted by Crippen LogP contribution is -2.25. The Kier molecular flexibility index (Phi) is 3.44. The molecule has 0 atom stereocenters. The van der Waals surface area contributed by atoms with Crippen LogP contribution in [0.3, 0.4) is 0 Å². The Morgan fingerprint density at radius 2 is 2.26 bits per heavy atom. The van der Waals surface area contributed by atoms with Gasteiger partial charge in [-0.15, -0.1) is 0 Å². The third-order valence-corrected chi connectivity index (χ3v) is 4.12. The molecule has 3 nitrogen and oxygen atoms in total. The van der Waals surface area contributed by atoms with Crippen molar-refractivity contribution in [1.29, 1.82) is 5.26 Å². The van der Waals surface area contributed by atoms with E-state index < -0.39 is 0 Å². The molecule has 1 heterocycles. The molecule has 0 spiro atoms. The maximum Gasteiger partial charge on any atom is 0.122 e. The molecular formula is C16H20N2O. The average Bonchev–Trinajstić information content (AvgIpc) is 3.24. The molecule has 2 aliphatic rings. The van der Waals surface area contributed by atoms with Crippen LogP contribution >= 0.6 is 0 Å². The Hall–Kier alpha value is -1.53. The van der Waals surface area contributed by atoms with Crippen LogP contribution in [0.5, 0.6) is 5.75 Å². The smallest absolute Gasteiger partial charge is 0.122 e. The summed E-state index contributed by atoms with van der Waals surface area (Å²) in [5.41, 5.74) is 2.67. The fourth-order valence-electron chi connectivity index (χ4n) is 2.61. The maximum absolute atomic E-state index is 9.00. The molecule has 1 aliphatic heterocycles. The fraction of sp³-hybridized carbons (Fsp3) is 0.562. The van der Waals surface area contributed by atoms with Gasteiger partial charge in [0.25, 0.3) is 0 Å². The Balaban J connectivity index is 1.49. The standard InChI is InChI=1S/C16H20N2O/c17-11-16(6-7-16)12-18-8-5-13-3-4-15-14(10-13)2-1-9-19-15/h3-4,10,18H,1-2,5-9,12H2. The van der Waals surface area contributed by atoms with Crippen molar-refractivity contribution < 1.29 is 4.74 Å². The summed E-state index contributed by atoms with van der Waals surface area (Å²) in [4.78, 5) is 0. The van der Waals surface area contributed by atoms with E-state index in [2.05, 4.69) is 29.6 Å². The van der Waals surface area contributed by atoms with E-state index in [0.717, 1.165) is 57.6 Å². The van der Waals surface area contributed by atoms with Gasteiger partial charge in [-0.3, -0.25) is 0 Å². The molecule has 0 aromatic heterocycles. The molecule has 1 aromatic rings. The number of aryl methyl sites for hydroxylation is 1. The highest BCUT2D eigenvalue weighted by Crippen LogP contribution is 2.43. The van der Waals surface area contributed by atoms with Crippen molar-refractivity contribution >= 4 is 0 Å². The molecule has 3 rings (SSSR count). The summed E-state index contributed by atoms with van der Waals surface area (Å²) in [7, 11) is 0. The zero-order chi connectivity index (χ0) is 13.1. The second-order valence-electron chi connectivity index (χ2n) is 5.71. The SMILES string of the molecule is N#CC1(CNCCc2ccc3c(c2)CCCO3)CC1. The van der Waals surface area contributed by atoms with Crippen LogP contribution in [0, 0.1) is 16.7 Å². The van der Waals surface area contributed by atoms with Gasteiger partial charge in [0, 0.05) is 6.54 Å². The Morgan fingerprint density at radius 1 is 1.37 bits per heavy atom. The predicted molar refractivity (Wildman–Crippen MR) is 74.1 cm³/mol. The average molecular weight is 256 g/mol. The lowest BCUT2D eigenvalue weighted by atomic mass is 10.0. The number of nitriles is 1. The van der Waals surface area contributed by atoms with Crippen LogP contribution in [0.25, 0.3) is 0 Å². The zero-order valence-electron chi connectivity index (χ0n) is 11.2. The van der Waals surface area contributed by atoms with E-state index in [-0.39, 0.29) is 5.41 Å². The van der Waals surface area contributed by atoms with Crippen molar-refractivity contribution in [1.82, 2.24) is 5.32 Å². The summed E-state index contributed by atoms with van der Waals surface area (Å²) in [6.45, 7) is 2.64. The van der Waals surface area contributed by atoms with E-state index in [1.54, 1.807) is 0 Å². The predicted octanol–water partition coefficient (Wildman–Crippen LogP) is 2.45. The summed E-state index contributed by atoms with van der Waals surface area (Å²) >= 11 is 0. The lowest BCUT2D eigenvalue weighted by molar-refractivity contribution is 0.288. The molecular weight excluding hydrogens is 236 g/mol. The summed E-state index contributed by atoms with van der Waals surface area (Å²) in [5.74, 6) is 1.06. The Labute approximate surface area is 114 Å². The van der Waals surface area contributed by atoms with Crippen molar-refractivity contribution in [2.24, 2.45) is 5.41 Å². The first kappa shape index (κ1) is 12.5. The van der Waals surface area contributed by atoms with Gasteiger partial charge in [0.2, 0.25) is 0 Å². The number of rotatable bonds is 5. The normalized spacial score (nSPS) is 19.1. The molecule has 3 heteroatoms. The molecule has 1 fully saturated rings. The molecule has 19 heavy (non-hydrogen) atoms. The van der Waals surface area contributed by atoms with E-state index >= 15 is 0 Å². The maximum atomic E-state index is 9.00. The van der Waals surface area contributed by atoms with E-state index in [1.165, 1.54) is 11.1 Å². The molecule has 1 aromatic carbocycles. The van der Waals surface area contributed by atoms with Gasteiger partial charge in [-0.2, -0.15) is 5.26 Å². The van der Waals surface area contributed by atoms with E-state index in [4.69, 9.17) is 10.00 Å². The first-order valence-corrected chi connectivity index (χ1v) is 7.18. The number of hydrogen-bond acceptors (Lipinski definition) is 3. The van der Waals surface area contributed by atoms with Crippen LogP contribution < -0.4 is 10.1 Å². The van der Waals surface area contributed by atoms with Crippen LogP contribution in [0.1, 0.15) is 30.4 Å². The minimum absolute atomic E-state index is 0.0380. The van der Waals surface area contributed by atoms with Crippen LogP contribution in [-0.4, -0.2) is 19.7 Å². The van der Waals surface area contributed by atoms with Crippen molar-refractivity contribution in [2.45, 2.75) is 32.1 Å². The minimum atomic E-state index is -0.0380. The topological polar surface area (TPSA) is 45.0 Å². The summed E-state index contributed by atoms with van der Waals surface area (Å²) in [6, 6.07) is 8.94. The third-order valence-electron chi connectivity index (χ3n) is 4.12. The van der Waals surface area contributed by atoms with Crippen molar-refractivity contribution in [3.05, 3.63) is 29.3 Å². The Bertz CT molecular complexity index is 500. The number of ether oxygens (including phenoxy) is 1. The number of benzene rings is 1. The summed E-state index contributed by atoms with van der Waals surface area (Å²) < 4.78 is 5.62.